The highest BCUT2D eigenvalue weighted by atomic mass is 16.7. The molecular weight excluding hydrogens is 764 g/mol. The molecule has 4 aliphatic heterocycles. The fourth-order valence-electron chi connectivity index (χ4n) is 7.92. The first-order chi connectivity index (χ1) is 27.7. The zero-order valence-corrected chi connectivity index (χ0v) is 35.3. The third-order valence-corrected chi connectivity index (χ3v) is 11.9. The number of esters is 1. The molecule has 2 aromatic rings. The maximum Gasteiger partial charge on any atom is 0.312 e. The molecule has 1 fully saturated rings. The number of methoxy groups -OCH3 is 1. The zero-order valence-electron chi connectivity index (χ0n) is 35.3. The highest BCUT2D eigenvalue weighted by Gasteiger charge is 2.50. The van der Waals surface area contributed by atoms with E-state index in [-0.39, 0.29) is 44.5 Å². The summed E-state index contributed by atoms with van der Waals surface area (Å²) in [5.41, 5.74) is -0.350. The quantitative estimate of drug-likeness (QED) is 0.109. The number of rotatable bonds is 4. The molecule has 1 saturated heterocycles. The third-order valence-electron chi connectivity index (χ3n) is 11.9. The van der Waals surface area contributed by atoms with Crippen LogP contribution >= 0.6 is 0 Å². The van der Waals surface area contributed by atoms with E-state index in [0.717, 1.165) is 13.1 Å². The SMILES string of the molecule is CO[C@H]1/C=C/O[C@@]2(C)Oc3c(C)c(O)c4c(O)c(c(/C=N/N5CCN(C)CC5)c(O)c4c3C2=O)NC(=O)/C(C)=C\C=C\[C@H](C)[C@H](O)[C@@H](C)[C@H](O)[C@H](C)[C@H](OC(C)=O)[C@@H]1C. The molecular formula is C43H58N4O12. The van der Waals surface area contributed by atoms with Gasteiger partial charge in [-0.05, 0) is 27.0 Å². The van der Waals surface area contributed by atoms with Gasteiger partial charge in [-0.15, -0.1) is 0 Å². The number of ketones is 1. The number of piperazine rings is 1. The number of carbonyl (C=O) groups excluding carboxylic acids is 3. The van der Waals surface area contributed by atoms with E-state index in [4.69, 9.17) is 18.9 Å². The molecule has 16 heteroatoms. The predicted molar refractivity (Wildman–Crippen MR) is 220 cm³/mol. The minimum absolute atomic E-state index is 0.0559. The monoisotopic (exact) mass is 822 g/mol. The van der Waals surface area contributed by atoms with E-state index in [1.54, 1.807) is 44.9 Å². The lowest BCUT2D eigenvalue weighted by atomic mass is 9.78. The number of fused-ring (bicyclic) bond motifs is 14. The van der Waals surface area contributed by atoms with Crippen LogP contribution < -0.4 is 10.1 Å². The molecule has 0 saturated carbocycles. The number of amides is 1. The number of aliphatic hydroxyl groups is 2. The van der Waals surface area contributed by atoms with E-state index < -0.39 is 88.8 Å². The predicted octanol–water partition coefficient (Wildman–Crippen LogP) is 4.34. The first-order valence-electron chi connectivity index (χ1n) is 19.8. The molecule has 1 amide bonds. The second-order valence-electron chi connectivity index (χ2n) is 16.1. The molecule has 6 rings (SSSR count). The molecule has 0 aliphatic carbocycles. The molecule has 322 valence electrons. The second-order valence-corrected chi connectivity index (χ2v) is 16.1. The highest BCUT2D eigenvalue weighted by molar-refractivity contribution is 6.23. The normalized spacial score (nSPS) is 32.1. The number of hydrogen-bond donors (Lipinski definition) is 6. The van der Waals surface area contributed by atoms with Crippen LogP contribution in [0.15, 0.2) is 41.2 Å². The molecule has 4 aliphatic rings. The number of benzene rings is 2. The van der Waals surface area contributed by atoms with E-state index in [1.165, 1.54) is 59.4 Å². The Hall–Kier alpha value is -5.16. The van der Waals surface area contributed by atoms with Crippen molar-refractivity contribution in [2.24, 2.45) is 28.8 Å². The maximum atomic E-state index is 14.4. The van der Waals surface area contributed by atoms with Gasteiger partial charge in [-0.2, -0.15) is 5.10 Å². The van der Waals surface area contributed by atoms with Crippen LogP contribution in [0, 0.1) is 30.6 Å². The number of anilines is 1. The summed E-state index contributed by atoms with van der Waals surface area (Å²) in [6.07, 6.45) is 4.86. The summed E-state index contributed by atoms with van der Waals surface area (Å²) in [6, 6.07) is 0. The average Bonchev–Trinajstić information content (AvgIpc) is 3.46. The van der Waals surface area contributed by atoms with Gasteiger partial charge in [-0.3, -0.25) is 19.4 Å². The maximum absolute atomic E-state index is 14.4. The summed E-state index contributed by atoms with van der Waals surface area (Å²) in [4.78, 5) is 42.6. The van der Waals surface area contributed by atoms with Crippen molar-refractivity contribution in [1.29, 1.82) is 0 Å². The van der Waals surface area contributed by atoms with Crippen LogP contribution in [-0.2, 0) is 23.8 Å². The van der Waals surface area contributed by atoms with Crippen molar-refractivity contribution >= 4 is 40.3 Å². The molecule has 0 spiro atoms. The number of phenolic OH excluding ortho intramolecular Hbond substituents is 3. The largest absolute Gasteiger partial charge is 0.507 e. The van der Waals surface area contributed by atoms with Gasteiger partial charge in [0.25, 0.3) is 11.7 Å². The third kappa shape index (κ3) is 8.91. The molecule has 59 heavy (non-hydrogen) atoms. The first kappa shape index (κ1) is 44.9. The standard InChI is InChI=1S/C43H58N4O12/c1-21-12-11-13-22(2)42(55)45-33-28(20-44-47-17-15-46(9)16-18-47)37(52)30-31(38(33)53)36(51)26(6)40-32(30)41(54)43(8,59-40)57-19-14-29(56-10)23(3)39(58-27(7)48)25(5)35(50)24(4)34(21)49/h11-14,19-21,23-25,29,34-35,39,49-53H,15-18H2,1-10H3,(H,45,55)/b12-11+,19-14+,22-13-,44-20+/t21-,23+,24+,25-,29-,34-,35-,39+,43-/m0/s1. The minimum atomic E-state index is -2.04. The lowest BCUT2D eigenvalue weighted by Crippen LogP contribution is -2.46. The highest BCUT2D eigenvalue weighted by Crippen LogP contribution is 2.55. The van der Waals surface area contributed by atoms with Crippen molar-refractivity contribution in [2.75, 3.05) is 45.7 Å². The lowest BCUT2D eigenvalue weighted by Gasteiger charge is -2.38. The molecule has 0 unspecified atom stereocenters. The van der Waals surface area contributed by atoms with Crippen LogP contribution in [0.2, 0.25) is 0 Å². The van der Waals surface area contributed by atoms with Crippen LogP contribution in [-0.4, -0.2) is 130 Å². The molecule has 16 nitrogen and oxygen atoms in total. The summed E-state index contributed by atoms with van der Waals surface area (Å²) in [7, 11) is 3.42. The van der Waals surface area contributed by atoms with Gasteiger partial charge < -0.3 is 54.7 Å². The fourth-order valence-corrected chi connectivity index (χ4v) is 7.92. The topological polar surface area (TPSA) is 220 Å². The average molecular weight is 823 g/mol. The number of nitrogens with zero attached hydrogens (tertiary/aromatic N) is 3. The number of allylic oxidation sites excluding steroid dienone is 2. The van der Waals surface area contributed by atoms with Crippen molar-refractivity contribution in [3.8, 4) is 23.0 Å². The smallest absolute Gasteiger partial charge is 0.312 e. The van der Waals surface area contributed by atoms with Crippen LogP contribution in [0.25, 0.3) is 10.8 Å². The summed E-state index contributed by atoms with van der Waals surface area (Å²) in [5, 5.41) is 66.8. The summed E-state index contributed by atoms with van der Waals surface area (Å²) in [6.45, 7) is 15.1. The Labute approximate surface area is 344 Å². The van der Waals surface area contributed by atoms with Crippen molar-refractivity contribution in [3.05, 3.63) is 52.8 Å². The number of likely N-dealkylation sites (N-methyl/N-ethyl adjacent to an activating group) is 1. The van der Waals surface area contributed by atoms with Crippen molar-refractivity contribution in [3.63, 3.8) is 0 Å². The Morgan fingerprint density at radius 1 is 0.949 bits per heavy atom. The van der Waals surface area contributed by atoms with E-state index in [1.807, 2.05) is 7.05 Å². The fraction of sp³-hybridized carbons (Fsp3) is 0.535. The van der Waals surface area contributed by atoms with E-state index in [2.05, 4.69) is 15.3 Å². The van der Waals surface area contributed by atoms with Gasteiger partial charge >= 0.3 is 11.8 Å². The Morgan fingerprint density at radius 2 is 1.61 bits per heavy atom. The summed E-state index contributed by atoms with van der Waals surface area (Å²) < 4.78 is 23.6. The zero-order chi connectivity index (χ0) is 43.7. The first-order valence-corrected chi connectivity index (χ1v) is 19.8. The molecule has 6 N–H and O–H groups in total. The van der Waals surface area contributed by atoms with E-state index in [0.29, 0.717) is 13.1 Å². The van der Waals surface area contributed by atoms with Gasteiger partial charge in [-0.25, -0.2) is 0 Å². The van der Waals surface area contributed by atoms with Gasteiger partial charge in [0.2, 0.25) is 0 Å². The number of ether oxygens (including phenoxy) is 4. The number of Topliss-reactive ketones (excluding diaryl/α,β-unsaturated/α-hetero) is 1. The number of nitrogens with one attached hydrogen (secondary N) is 1. The van der Waals surface area contributed by atoms with Gasteiger partial charge in [0.15, 0.2) is 5.75 Å². The van der Waals surface area contributed by atoms with Gasteiger partial charge in [0, 0.05) is 87.3 Å². The Balaban J connectivity index is 1.70. The molecule has 9 atom stereocenters. The summed E-state index contributed by atoms with van der Waals surface area (Å²) in [5.74, 6) is -8.34. The number of hydrogen-bond acceptors (Lipinski definition) is 15. The van der Waals surface area contributed by atoms with Gasteiger partial charge in [-0.1, -0.05) is 45.9 Å². The lowest BCUT2D eigenvalue weighted by molar-refractivity contribution is -0.160. The Morgan fingerprint density at radius 3 is 2.24 bits per heavy atom. The van der Waals surface area contributed by atoms with Crippen LogP contribution in [0.5, 0.6) is 23.0 Å². The second kappa shape index (κ2) is 18.0. The van der Waals surface area contributed by atoms with E-state index in [9.17, 15) is 39.9 Å². The van der Waals surface area contributed by atoms with Gasteiger partial charge in [0.05, 0.1) is 53.0 Å². The van der Waals surface area contributed by atoms with Gasteiger partial charge in [0.1, 0.15) is 23.4 Å². The number of phenols is 3. The number of aliphatic hydroxyl groups excluding tert-OH is 2. The molecule has 0 aromatic heterocycles. The molecule has 4 heterocycles. The van der Waals surface area contributed by atoms with Crippen LogP contribution in [0.3, 0.4) is 0 Å². The van der Waals surface area contributed by atoms with Crippen molar-refractivity contribution in [2.45, 2.75) is 85.6 Å². The Kier molecular flexibility index (Phi) is 13.7. The number of carbonyl (C=O) groups is 3. The van der Waals surface area contributed by atoms with Crippen LogP contribution in [0.4, 0.5) is 5.69 Å². The van der Waals surface area contributed by atoms with Crippen LogP contribution in [0.1, 0.15) is 70.0 Å². The Bertz CT molecular complexity index is 2070. The van der Waals surface area contributed by atoms with E-state index >= 15 is 0 Å². The number of hydrazone groups is 1. The molecule has 2 aromatic carbocycles. The molecule has 0 radical (unpaired) electrons. The van der Waals surface area contributed by atoms with Crippen molar-refractivity contribution in [1.82, 2.24) is 9.91 Å². The number of aromatic hydroxyl groups is 3. The minimum Gasteiger partial charge on any atom is -0.507 e. The molecule has 5 bridgehead atoms. The summed E-state index contributed by atoms with van der Waals surface area (Å²) >= 11 is 0. The van der Waals surface area contributed by atoms with Crippen molar-refractivity contribution < 1.29 is 58.9 Å².